The minimum absolute atomic E-state index is 0.225. The molecule has 0 saturated carbocycles. The summed E-state index contributed by atoms with van der Waals surface area (Å²) in [5.74, 6) is 0.904. The standard InChI is InChI=1S/C10H15N/c1-9(8-11)7-10-5-3-2-4-6-10/h3,5,9-10H,2,4,6-7H2,1H3/t9?,10-/m1/s1. The summed E-state index contributed by atoms with van der Waals surface area (Å²) in [6, 6.07) is 2.28. The summed E-state index contributed by atoms with van der Waals surface area (Å²) >= 11 is 0. The Labute approximate surface area is 68.7 Å². The highest BCUT2D eigenvalue weighted by Crippen LogP contribution is 2.23. The lowest BCUT2D eigenvalue weighted by Gasteiger charge is -2.16. The lowest BCUT2D eigenvalue weighted by atomic mass is 9.88. The Morgan fingerprint density at radius 2 is 2.55 bits per heavy atom. The van der Waals surface area contributed by atoms with E-state index in [0.29, 0.717) is 5.92 Å². The van der Waals surface area contributed by atoms with Crippen LogP contribution in [0.3, 0.4) is 0 Å². The number of hydrogen-bond acceptors (Lipinski definition) is 1. The maximum Gasteiger partial charge on any atom is 0.0653 e. The topological polar surface area (TPSA) is 23.8 Å². The Bertz CT molecular complexity index is 176. The molecule has 0 saturated heterocycles. The molecule has 0 fully saturated rings. The average Bonchev–Trinajstić information content (AvgIpc) is 2.06. The molecule has 1 nitrogen and oxygen atoms in total. The third kappa shape index (κ3) is 2.76. The summed E-state index contributed by atoms with van der Waals surface area (Å²) in [6.45, 7) is 2.00. The summed E-state index contributed by atoms with van der Waals surface area (Å²) in [6.07, 6.45) is 9.39. The van der Waals surface area contributed by atoms with Crippen LogP contribution in [0.2, 0.25) is 0 Å². The monoisotopic (exact) mass is 149 g/mol. The SMILES string of the molecule is CC(C#N)C[C@@H]1C=CCCC1. The molecular formula is C10H15N. The van der Waals surface area contributed by atoms with E-state index in [4.69, 9.17) is 5.26 Å². The molecule has 0 aromatic rings. The predicted molar refractivity (Wildman–Crippen MR) is 45.9 cm³/mol. The van der Waals surface area contributed by atoms with Crippen LogP contribution in [0.5, 0.6) is 0 Å². The van der Waals surface area contributed by atoms with E-state index in [1.165, 1.54) is 19.3 Å². The van der Waals surface area contributed by atoms with Crippen molar-refractivity contribution < 1.29 is 0 Å². The Hall–Kier alpha value is -0.770. The highest BCUT2D eigenvalue weighted by molar-refractivity contribution is 4.95. The molecular weight excluding hydrogens is 134 g/mol. The molecule has 0 radical (unpaired) electrons. The minimum Gasteiger partial charge on any atom is -0.198 e. The van der Waals surface area contributed by atoms with Crippen molar-refractivity contribution >= 4 is 0 Å². The van der Waals surface area contributed by atoms with Gasteiger partial charge in [-0.1, -0.05) is 12.2 Å². The van der Waals surface area contributed by atoms with Gasteiger partial charge in [0.15, 0.2) is 0 Å². The van der Waals surface area contributed by atoms with Gasteiger partial charge in [-0.15, -0.1) is 0 Å². The predicted octanol–water partition coefficient (Wildman–Crippen LogP) is 2.89. The zero-order valence-corrected chi connectivity index (χ0v) is 7.09. The molecule has 0 bridgehead atoms. The van der Waals surface area contributed by atoms with Gasteiger partial charge in [0, 0.05) is 5.92 Å². The third-order valence-electron chi connectivity index (χ3n) is 2.23. The van der Waals surface area contributed by atoms with Gasteiger partial charge >= 0.3 is 0 Å². The first-order chi connectivity index (χ1) is 5.33. The second-order valence-electron chi connectivity index (χ2n) is 3.38. The molecule has 0 N–H and O–H groups in total. The molecule has 1 unspecified atom stereocenters. The van der Waals surface area contributed by atoms with Crippen molar-refractivity contribution in [3.05, 3.63) is 12.2 Å². The summed E-state index contributed by atoms with van der Waals surface area (Å²) in [7, 11) is 0. The van der Waals surface area contributed by atoms with E-state index in [-0.39, 0.29) is 5.92 Å². The Kier molecular flexibility index (Phi) is 3.16. The van der Waals surface area contributed by atoms with Crippen LogP contribution >= 0.6 is 0 Å². The molecule has 0 spiro atoms. The van der Waals surface area contributed by atoms with E-state index < -0.39 is 0 Å². The normalized spacial score (nSPS) is 26.0. The summed E-state index contributed by atoms with van der Waals surface area (Å²) in [5, 5.41) is 8.59. The smallest absolute Gasteiger partial charge is 0.0653 e. The van der Waals surface area contributed by atoms with Gasteiger partial charge in [0.25, 0.3) is 0 Å². The first kappa shape index (κ1) is 8.33. The van der Waals surface area contributed by atoms with Crippen LogP contribution in [0.25, 0.3) is 0 Å². The van der Waals surface area contributed by atoms with Gasteiger partial charge in [-0.25, -0.2) is 0 Å². The van der Waals surface area contributed by atoms with Crippen molar-refractivity contribution in [3.63, 3.8) is 0 Å². The van der Waals surface area contributed by atoms with Crippen molar-refractivity contribution in [3.8, 4) is 6.07 Å². The zero-order chi connectivity index (χ0) is 8.10. The van der Waals surface area contributed by atoms with Crippen LogP contribution in [0.1, 0.15) is 32.6 Å². The van der Waals surface area contributed by atoms with Gasteiger partial charge < -0.3 is 0 Å². The number of nitriles is 1. The quantitative estimate of drug-likeness (QED) is 0.554. The molecule has 0 amide bonds. The van der Waals surface area contributed by atoms with E-state index in [0.717, 1.165) is 6.42 Å². The minimum atomic E-state index is 0.225. The van der Waals surface area contributed by atoms with Crippen LogP contribution in [0.4, 0.5) is 0 Å². The van der Waals surface area contributed by atoms with Gasteiger partial charge in [-0.3, -0.25) is 0 Å². The van der Waals surface area contributed by atoms with Crippen molar-refractivity contribution in [2.45, 2.75) is 32.6 Å². The lowest BCUT2D eigenvalue weighted by Crippen LogP contribution is -2.05. The maximum atomic E-state index is 8.59. The van der Waals surface area contributed by atoms with Gasteiger partial charge in [0.2, 0.25) is 0 Å². The molecule has 0 heterocycles. The number of hydrogen-bond donors (Lipinski definition) is 0. The van der Waals surface area contributed by atoms with Crippen LogP contribution in [0, 0.1) is 23.2 Å². The Morgan fingerprint density at radius 1 is 1.73 bits per heavy atom. The summed E-state index contributed by atoms with van der Waals surface area (Å²) in [4.78, 5) is 0. The molecule has 0 aromatic heterocycles. The fraction of sp³-hybridized carbons (Fsp3) is 0.700. The molecule has 1 aliphatic rings. The van der Waals surface area contributed by atoms with E-state index >= 15 is 0 Å². The molecule has 0 aromatic carbocycles. The molecule has 1 aliphatic carbocycles. The third-order valence-corrected chi connectivity index (χ3v) is 2.23. The number of rotatable bonds is 2. The molecule has 0 aliphatic heterocycles. The van der Waals surface area contributed by atoms with Crippen LogP contribution in [-0.4, -0.2) is 0 Å². The summed E-state index contributed by atoms with van der Waals surface area (Å²) in [5.41, 5.74) is 0. The van der Waals surface area contributed by atoms with Crippen molar-refractivity contribution in [2.24, 2.45) is 11.8 Å². The Morgan fingerprint density at radius 3 is 3.09 bits per heavy atom. The lowest BCUT2D eigenvalue weighted by molar-refractivity contribution is 0.459. The fourth-order valence-corrected chi connectivity index (χ4v) is 1.59. The number of nitrogens with zero attached hydrogens (tertiary/aromatic N) is 1. The van der Waals surface area contributed by atoms with E-state index in [1.54, 1.807) is 0 Å². The van der Waals surface area contributed by atoms with E-state index in [1.807, 2.05) is 6.92 Å². The Balaban J connectivity index is 2.31. The molecule has 60 valence electrons. The van der Waals surface area contributed by atoms with E-state index in [9.17, 15) is 0 Å². The molecule has 11 heavy (non-hydrogen) atoms. The van der Waals surface area contributed by atoms with Crippen LogP contribution in [0.15, 0.2) is 12.2 Å². The van der Waals surface area contributed by atoms with Gasteiger partial charge in [0.05, 0.1) is 6.07 Å². The maximum absolute atomic E-state index is 8.59. The average molecular weight is 149 g/mol. The van der Waals surface area contributed by atoms with Crippen LogP contribution in [-0.2, 0) is 0 Å². The van der Waals surface area contributed by atoms with Gasteiger partial charge in [-0.2, -0.15) is 5.26 Å². The van der Waals surface area contributed by atoms with Crippen molar-refractivity contribution in [1.82, 2.24) is 0 Å². The zero-order valence-electron chi connectivity index (χ0n) is 7.09. The first-order valence-electron chi connectivity index (χ1n) is 4.39. The first-order valence-corrected chi connectivity index (χ1v) is 4.39. The van der Waals surface area contributed by atoms with Crippen molar-refractivity contribution in [1.29, 1.82) is 5.26 Å². The van der Waals surface area contributed by atoms with Crippen molar-refractivity contribution in [2.75, 3.05) is 0 Å². The molecule has 2 atom stereocenters. The highest BCUT2D eigenvalue weighted by atomic mass is 14.3. The second kappa shape index (κ2) is 4.18. The summed E-state index contributed by atoms with van der Waals surface area (Å²) < 4.78 is 0. The molecule has 1 heteroatoms. The highest BCUT2D eigenvalue weighted by Gasteiger charge is 2.11. The number of allylic oxidation sites excluding steroid dienone is 2. The van der Waals surface area contributed by atoms with E-state index in [2.05, 4.69) is 18.2 Å². The fourth-order valence-electron chi connectivity index (χ4n) is 1.59. The second-order valence-corrected chi connectivity index (χ2v) is 3.38. The van der Waals surface area contributed by atoms with Gasteiger partial charge in [0.1, 0.15) is 0 Å². The van der Waals surface area contributed by atoms with Gasteiger partial charge in [-0.05, 0) is 38.5 Å². The van der Waals surface area contributed by atoms with Crippen LogP contribution < -0.4 is 0 Å². The molecule has 1 rings (SSSR count). The largest absolute Gasteiger partial charge is 0.198 e.